The first-order chi connectivity index (χ1) is 20.4. The standard InChI is InChI=1S/C30H36N8O4/c1-20(2)27-29-35-28(21-7-5-4-6-8-21)36-38(29)13-14-42-25-15-22(9-10-24(25)41-3)30(40)32-11-12-37(18-26(39)34-27)17-23-16-31-19-33-23/h4-10,15-16,19-20,27H,11-14,17-18H2,1-3H3,(H,31,33)(H,32,40)(H,34,39)/t27-/m1/s1. The summed E-state index contributed by atoms with van der Waals surface area (Å²) >= 11 is 0. The topological polar surface area (TPSA) is 139 Å². The smallest absolute Gasteiger partial charge is 0.251 e. The zero-order valence-corrected chi connectivity index (χ0v) is 24.0. The van der Waals surface area contributed by atoms with E-state index in [-0.39, 0.29) is 30.9 Å². The molecule has 0 spiro atoms. The van der Waals surface area contributed by atoms with Crippen LogP contribution in [0.4, 0.5) is 0 Å². The molecule has 2 amide bonds. The molecule has 2 aromatic carbocycles. The van der Waals surface area contributed by atoms with Crippen molar-refractivity contribution >= 4 is 11.8 Å². The molecule has 0 radical (unpaired) electrons. The van der Waals surface area contributed by atoms with Gasteiger partial charge in [-0.05, 0) is 24.1 Å². The van der Waals surface area contributed by atoms with Crippen molar-refractivity contribution in [2.45, 2.75) is 33.0 Å². The number of amides is 2. The molecule has 4 aromatic rings. The number of aromatic amines is 1. The van der Waals surface area contributed by atoms with Gasteiger partial charge in [0.1, 0.15) is 6.61 Å². The van der Waals surface area contributed by atoms with E-state index < -0.39 is 6.04 Å². The Kier molecular flexibility index (Phi) is 9.12. The minimum absolute atomic E-state index is 0.0284. The van der Waals surface area contributed by atoms with Crippen molar-refractivity contribution < 1.29 is 19.1 Å². The summed E-state index contributed by atoms with van der Waals surface area (Å²) in [4.78, 5) is 40.5. The average molecular weight is 573 g/mol. The van der Waals surface area contributed by atoms with Crippen molar-refractivity contribution in [1.82, 2.24) is 40.3 Å². The maximum Gasteiger partial charge on any atom is 0.251 e. The van der Waals surface area contributed by atoms with Crippen molar-refractivity contribution in [3.05, 3.63) is 78.1 Å². The lowest BCUT2D eigenvalue weighted by atomic mass is 10.0. The number of methoxy groups -OCH3 is 1. The third-order valence-corrected chi connectivity index (χ3v) is 7.01. The molecule has 5 rings (SSSR count). The second-order valence-corrected chi connectivity index (χ2v) is 10.4. The number of rotatable bonds is 5. The second-order valence-electron chi connectivity index (χ2n) is 10.4. The third-order valence-electron chi connectivity index (χ3n) is 7.01. The van der Waals surface area contributed by atoms with Gasteiger partial charge in [0.25, 0.3) is 5.91 Å². The van der Waals surface area contributed by atoms with E-state index in [0.717, 1.165) is 11.3 Å². The Bertz CT molecular complexity index is 1490. The number of nitrogens with zero attached hydrogens (tertiary/aromatic N) is 5. The normalized spacial score (nSPS) is 17.1. The highest BCUT2D eigenvalue weighted by Crippen LogP contribution is 2.29. The van der Waals surface area contributed by atoms with E-state index in [4.69, 9.17) is 19.6 Å². The van der Waals surface area contributed by atoms with Gasteiger partial charge >= 0.3 is 0 Å². The molecule has 0 saturated carbocycles. The van der Waals surface area contributed by atoms with Crippen molar-refractivity contribution in [1.29, 1.82) is 0 Å². The molecule has 3 heterocycles. The summed E-state index contributed by atoms with van der Waals surface area (Å²) in [5.74, 6) is 1.80. The van der Waals surface area contributed by atoms with E-state index in [1.165, 1.54) is 0 Å². The van der Waals surface area contributed by atoms with E-state index >= 15 is 0 Å². The molecule has 0 saturated heterocycles. The molecular weight excluding hydrogens is 536 g/mol. The number of benzene rings is 2. The second kappa shape index (κ2) is 13.3. The molecule has 12 nitrogen and oxygen atoms in total. The highest BCUT2D eigenvalue weighted by Gasteiger charge is 2.27. The van der Waals surface area contributed by atoms with Gasteiger partial charge in [-0.3, -0.25) is 14.5 Å². The van der Waals surface area contributed by atoms with Crippen LogP contribution in [-0.2, 0) is 17.9 Å². The minimum atomic E-state index is -0.398. The molecular formula is C30H36N8O4. The Morgan fingerprint density at radius 3 is 2.67 bits per heavy atom. The van der Waals surface area contributed by atoms with Crippen molar-refractivity contribution in [3.8, 4) is 22.9 Å². The van der Waals surface area contributed by atoms with Gasteiger partial charge < -0.3 is 25.1 Å². The summed E-state index contributed by atoms with van der Waals surface area (Å²) in [6.07, 6.45) is 3.33. The van der Waals surface area contributed by atoms with Crippen LogP contribution in [-0.4, -0.2) is 74.8 Å². The molecule has 1 atom stereocenters. The van der Waals surface area contributed by atoms with Crippen LogP contribution in [0.1, 0.15) is 41.8 Å². The van der Waals surface area contributed by atoms with E-state index in [0.29, 0.717) is 54.9 Å². The monoisotopic (exact) mass is 572 g/mol. The van der Waals surface area contributed by atoms with Crippen LogP contribution in [0.15, 0.2) is 61.1 Å². The van der Waals surface area contributed by atoms with Gasteiger partial charge in [0.15, 0.2) is 23.1 Å². The van der Waals surface area contributed by atoms with E-state index in [2.05, 4.69) is 20.6 Å². The molecule has 12 heteroatoms. The Hall–Kier alpha value is -4.71. The fourth-order valence-electron chi connectivity index (χ4n) is 4.84. The summed E-state index contributed by atoms with van der Waals surface area (Å²) in [5.41, 5.74) is 2.19. The first kappa shape index (κ1) is 28.8. The molecule has 42 heavy (non-hydrogen) atoms. The minimum Gasteiger partial charge on any atom is -0.493 e. The maximum atomic E-state index is 13.5. The number of aromatic nitrogens is 5. The largest absolute Gasteiger partial charge is 0.493 e. The van der Waals surface area contributed by atoms with Crippen LogP contribution < -0.4 is 20.1 Å². The van der Waals surface area contributed by atoms with E-state index in [1.54, 1.807) is 42.5 Å². The van der Waals surface area contributed by atoms with Gasteiger partial charge in [-0.2, -0.15) is 5.10 Å². The van der Waals surface area contributed by atoms with Crippen LogP contribution in [0, 0.1) is 5.92 Å². The molecule has 0 unspecified atom stereocenters. The number of hydrogen-bond acceptors (Lipinski definition) is 8. The Labute approximate surface area is 244 Å². The van der Waals surface area contributed by atoms with Crippen molar-refractivity contribution in [2.24, 2.45) is 5.92 Å². The van der Waals surface area contributed by atoms with E-state index in [1.807, 2.05) is 49.1 Å². The van der Waals surface area contributed by atoms with Crippen LogP contribution in [0.2, 0.25) is 0 Å². The lowest BCUT2D eigenvalue weighted by Gasteiger charge is -2.25. The summed E-state index contributed by atoms with van der Waals surface area (Å²) in [6.45, 7) is 6.04. The highest BCUT2D eigenvalue weighted by molar-refractivity contribution is 5.94. The Morgan fingerprint density at radius 1 is 1.10 bits per heavy atom. The van der Waals surface area contributed by atoms with Crippen LogP contribution in [0.5, 0.6) is 11.5 Å². The first-order valence-electron chi connectivity index (χ1n) is 14.0. The highest BCUT2D eigenvalue weighted by atomic mass is 16.5. The molecule has 1 aliphatic rings. The summed E-state index contributed by atoms with van der Waals surface area (Å²) in [6, 6.07) is 14.4. The zero-order chi connectivity index (χ0) is 29.5. The molecule has 0 aliphatic carbocycles. The van der Waals surface area contributed by atoms with Crippen LogP contribution >= 0.6 is 0 Å². The lowest BCUT2D eigenvalue weighted by Crippen LogP contribution is -2.43. The van der Waals surface area contributed by atoms with Crippen molar-refractivity contribution in [2.75, 3.05) is 33.4 Å². The Balaban J connectivity index is 1.50. The van der Waals surface area contributed by atoms with Crippen LogP contribution in [0.25, 0.3) is 11.4 Å². The summed E-state index contributed by atoms with van der Waals surface area (Å²) < 4.78 is 13.4. The number of carbonyl (C=O) groups is 2. The molecule has 0 fully saturated rings. The SMILES string of the molecule is COc1ccc2cc1OCCn1nc(-c3ccccc3)nc1[C@@H](C(C)C)NC(=O)CN(Cc1cnc[nH]1)CCNC2=O. The number of hydrogen-bond donors (Lipinski definition) is 3. The van der Waals surface area contributed by atoms with E-state index in [9.17, 15) is 9.59 Å². The zero-order valence-electron chi connectivity index (χ0n) is 24.0. The fraction of sp³-hybridized carbons (Fsp3) is 0.367. The number of ether oxygens (including phenoxy) is 2. The van der Waals surface area contributed by atoms with Gasteiger partial charge in [-0.15, -0.1) is 0 Å². The van der Waals surface area contributed by atoms with Gasteiger partial charge in [0.05, 0.1) is 32.6 Å². The number of nitrogens with one attached hydrogen (secondary N) is 3. The van der Waals surface area contributed by atoms with Gasteiger partial charge in [-0.1, -0.05) is 44.2 Å². The lowest BCUT2D eigenvalue weighted by molar-refractivity contribution is -0.123. The summed E-state index contributed by atoms with van der Waals surface area (Å²) in [5, 5.41) is 10.9. The molecule has 2 aromatic heterocycles. The van der Waals surface area contributed by atoms with Crippen molar-refractivity contribution in [3.63, 3.8) is 0 Å². The molecule has 2 bridgehead atoms. The van der Waals surface area contributed by atoms with Gasteiger partial charge in [0.2, 0.25) is 5.91 Å². The van der Waals surface area contributed by atoms with Gasteiger partial charge in [0, 0.05) is 42.7 Å². The maximum absolute atomic E-state index is 13.5. The quantitative estimate of drug-likeness (QED) is 0.332. The molecule has 3 N–H and O–H groups in total. The number of carbonyl (C=O) groups excluding carboxylic acids is 2. The predicted octanol–water partition coefficient (Wildman–Crippen LogP) is 2.81. The Morgan fingerprint density at radius 2 is 1.93 bits per heavy atom. The van der Waals surface area contributed by atoms with Gasteiger partial charge in [-0.25, -0.2) is 14.6 Å². The predicted molar refractivity (Wildman–Crippen MR) is 156 cm³/mol. The fourth-order valence-corrected chi connectivity index (χ4v) is 4.84. The number of fused-ring (bicyclic) bond motifs is 3. The number of H-pyrrole nitrogens is 1. The first-order valence-corrected chi connectivity index (χ1v) is 14.0. The summed E-state index contributed by atoms with van der Waals surface area (Å²) in [7, 11) is 1.56. The number of imidazole rings is 1. The third kappa shape index (κ3) is 6.95. The average Bonchev–Trinajstić information content (AvgIpc) is 3.66. The van der Waals surface area contributed by atoms with Crippen LogP contribution in [0.3, 0.4) is 0 Å². The molecule has 1 aliphatic heterocycles. The molecule has 220 valence electrons.